The van der Waals surface area contributed by atoms with Crippen LogP contribution in [0.25, 0.3) is 0 Å². The molecule has 4 nitrogen and oxygen atoms in total. The Balaban J connectivity index is 1.90. The summed E-state index contributed by atoms with van der Waals surface area (Å²) in [7, 11) is 0. The van der Waals surface area contributed by atoms with E-state index < -0.39 is 0 Å². The van der Waals surface area contributed by atoms with Gasteiger partial charge in [0.15, 0.2) is 0 Å². The van der Waals surface area contributed by atoms with E-state index in [-0.39, 0.29) is 5.54 Å². The molecule has 2 heterocycles. The Morgan fingerprint density at radius 1 is 1.24 bits per heavy atom. The molecule has 0 amide bonds. The quantitative estimate of drug-likeness (QED) is 0.774. The van der Waals surface area contributed by atoms with Gasteiger partial charge in [-0.1, -0.05) is 0 Å². The van der Waals surface area contributed by atoms with Gasteiger partial charge in [-0.3, -0.25) is 9.80 Å². The number of hydrogen-bond donors (Lipinski definition) is 1. The molecule has 2 aliphatic heterocycles. The van der Waals surface area contributed by atoms with E-state index in [0.29, 0.717) is 6.04 Å². The van der Waals surface area contributed by atoms with Crippen LogP contribution in [0.2, 0.25) is 0 Å². The van der Waals surface area contributed by atoms with Gasteiger partial charge in [0, 0.05) is 50.8 Å². The lowest BCUT2D eigenvalue weighted by atomic mass is 9.99. The predicted molar refractivity (Wildman–Crippen MR) is 70.4 cm³/mol. The SMILES string of the molecule is CC1COCCN1CC(C)(C)N1CCNCC1. The van der Waals surface area contributed by atoms with Gasteiger partial charge in [-0.15, -0.1) is 0 Å². The molecule has 2 fully saturated rings. The highest BCUT2D eigenvalue weighted by Crippen LogP contribution is 2.19. The molecule has 0 aromatic rings. The van der Waals surface area contributed by atoms with E-state index in [1.54, 1.807) is 0 Å². The largest absolute Gasteiger partial charge is 0.379 e. The summed E-state index contributed by atoms with van der Waals surface area (Å²) in [6.45, 7) is 15.6. The Morgan fingerprint density at radius 3 is 2.59 bits per heavy atom. The molecule has 0 spiro atoms. The van der Waals surface area contributed by atoms with E-state index in [2.05, 4.69) is 35.9 Å². The number of piperazine rings is 1. The van der Waals surface area contributed by atoms with Crippen molar-refractivity contribution in [3.63, 3.8) is 0 Å². The molecule has 100 valence electrons. The minimum absolute atomic E-state index is 0.272. The third kappa shape index (κ3) is 3.41. The van der Waals surface area contributed by atoms with E-state index >= 15 is 0 Å². The van der Waals surface area contributed by atoms with E-state index in [4.69, 9.17) is 4.74 Å². The van der Waals surface area contributed by atoms with Gasteiger partial charge in [-0.25, -0.2) is 0 Å². The maximum atomic E-state index is 5.51. The standard InChI is InChI=1S/C13H27N3O/c1-12-10-17-9-8-15(12)11-13(2,3)16-6-4-14-5-7-16/h12,14H,4-11H2,1-3H3. The molecule has 1 unspecified atom stereocenters. The number of nitrogens with zero attached hydrogens (tertiary/aromatic N) is 2. The molecule has 0 aromatic carbocycles. The van der Waals surface area contributed by atoms with Crippen LogP contribution < -0.4 is 5.32 Å². The van der Waals surface area contributed by atoms with Crippen LogP contribution in [0.1, 0.15) is 20.8 Å². The van der Waals surface area contributed by atoms with Crippen LogP contribution in [-0.4, -0.2) is 73.9 Å². The molecule has 0 saturated carbocycles. The number of ether oxygens (including phenoxy) is 1. The second kappa shape index (κ2) is 5.65. The summed E-state index contributed by atoms with van der Waals surface area (Å²) in [4.78, 5) is 5.19. The highest BCUT2D eigenvalue weighted by Gasteiger charge is 2.32. The topological polar surface area (TPSA) is 27.7 Å². The highest BCUT2D eigenvalue weighted by molar-refractivity contribution is 4.89. The number of rotatable bonds is 3. The van der Waals surface area contributed by atoms with Gasteiger partial charge >= 0.3 is 0 Å². The zero-order valence-corrected chi connectivity index (χ0v) is 11.5. The third-order valence-corrected chi connectivity index (χ3v) is 4.07. The molecule has 1 atom stereocenters. The van der Waals surface area contributed by atoms with Crippen molar-refractivity contribution in [1.82, 2.24) is 15.1 Å². The Hall–Kier alpha value is -0.160. The summed E-state index contributed by atoms with van der Waals surface area (Å²) in [5, 5.41) is 3.42. The van der Waals surface area contributed by atoms with Crippen LogP contribution >= 0.6 is 0 Å². The Morgan fingerprint density at radius 2 is 1.94 bits per heavy atom. The van der Waals surface area contributed by atoms with Crippen LogP contribution in [0.5, 0.6) is 0 Å². The third-order valence-electron chi connectivity index (χ3n) is 4.07. The first-order valence-corrected chi connectivity index (χ1v) is 6.87. The number of hydrogen-bond acceptors (Lipinski definition) is 4. The lowest BCUT2D eigenvalue weighted by molar-refractivity contribution is -0.0295. The molecule has 0 bridgehead atoms. The molecule has 0 aromatic heterocycles. The smallest absolute Gasteiger partial charge is 0.0619 e. The summed E-state index contributed by atoms with van der Waals surface area (Å²) in [6, 6.07) is 0.561. The molecule has 4 heteroatoms. The van der Waals surface area contributed by atoms with Crippen molar-refractivity contribution in [3.05, 3.63) is 0 Å². The van der Waals surface area contributed by atoms with Crippen LogP contribution in [0.4, 0.5) is 0 Å². The monoisotopic (exact) mass is 241 g/mol. The van der Waals surface area contributed by atoms with Crippen LogP contribution in [0.3, 0.4) is 0 Å². The van der Waals surface area contributed by atoms with Gasteiger partial charge in [0.2, 0.25) is 0 Å². The molecule has 0 radical (unpaired) electrons. The predicted octanol–water partition coefficient (Wildman–Crippen LogP) is 0.391. The summed E-state index contributed by atoms with van der Waals surface area (Å²) in [6.07, 6.45) is 0. The summed E-state index contributed by atoms with van der Waals surface area (Å²) < 4.78 is 5.51. The Bertz CT molecular complexity index is 239. The first-order chi connectivity index (χ1) is 8.09. The first kappa shape index (κ1) is 13.3. The van der Waals surface area contributed by atoms with E-state index in [0.717, 1.165) is 39.4 Å². The molecular formula is C13H27N3O. The molecule has 2 aliphatic rings. The molecule has 2 saturated heterocycles. The van der Waals surface area contributed by atoms with Crippen molar-refractivity contribution < 1.29 is 4.74 Å². The van der Waals surface area contributed by atoms with Gasteiger partial charge in [0.1, 0.15) is 0 Å². The molecular weight excluding hydrogens is 214 g/mol. The zero-order valence-electron chi connectivity index (χ0n) is 11.5. The molecule has 0 aliphatic carbocycles. The fraction of sp³-hybridized carbons (Fsp3) is 1.00. The lowest BCUT2D eigenvalue weighted by Gasteiger charge is -2.46. The molecule has 2 rings (SSSR count). The second-order valence-electron chi connectivity index (χ2n) is 5.94. The van der Waals surface area contributed by atoms with Gasteiger partial charge < -0.3 is 10.1 Å². The van der Waals surface area contributed by atoms with Crippen molar-refractivity contribution in [3.8, 4) is 0 Å². The summed E-state index contributed by atoms with van der Waals surface area (Å²) in [5.74, 6) is 0. The van der Waals surface area contributed by atoms with Gasteiger partial charge in [-0.05, 0) is 20.8 Å². The normalized spacial score (nSPS) is 29.5. The zero-order chi connectivity index (χ0) is 12.3. The fourth-order valence-corrected chi connectivity index (χ4v) is 2.86. The maximum absolute atomic E-state index is 5.51. The maximum Gasteiger partial charge on any atom is 0.0619 e. The average Bonchev–Trinajstić information content (AvgIpc) is 2.33. The van der Waals surface area contributed by atoms with Crippen LogP contribution in [0, 0.1) is 0 Å². The number of morpholine rings is 1. The van der Waals surface area contributed by atoms with Crippen molar-refractivity contribution in [2.24, 2.45) is 0 Å². The van der Waals surface area contributed by atoms with Crippen LogP contribution in [0.15, 0.2) is 0 Å². The number of nitrogens with one attached hydrogen (secondary N) is 1. The summed E-state index contributed by atoms with van der Waals surface area (Å²) in [5.41, 5.74) is 0.272. The minimum Gasteiger partial charge on any atom is -0.379 e. The Kier molecular flexibility index (Phi) is 4.42. The van der Waals surface area contributed by atoms with Gasteiger partial charge in [0.05, 0.1) is 13.2 Å². The highest BCUT2D eigenvalue weighted by atomic mass is 16.5. The van der Waals surface area contributed by atoms with Gasteiger partial charge in [0.25, 0.3) is 0 Å². The van der Waals surface area contributed by atoms with E-state index in [9.17, 15) is 0 Å². The first-order valence-electron chi connectivity index (χ1n) is 6.87. The van der Waals surface area contributed by atoms with Crippen LogP contribution in [-0.2, 0) is 4.74 Å². The minimum atomic E-state index is 0.272. The van der Waals surface area contributed by atoms with E-state index in [1.807, 2.05) is 0 Å². The van der Waals surface area contributed by atoms with Crippen molar-refractivity contribution in [1.29, 1.82) is 0 Å². The van der Waals surface area contributed by atoms with E-state index in [1.165, 1.54) is 13.1 Å². The van der Waals surface area contributed by atoms with Gasteiger partial charge in [-0.2, -0.15) is 0 Å². The fourth-order valence-electron chi connectivity index (χ4n) is 2.86. The second-order valence-corrected chi connectivity index (χ2v) is 5.94. The Labute approximate surface area is 105 Å². The average molecular weight is 241 g/mol. The molecule has 17 heavy (non-hydrogen) atoms. The summed E-state index contributed by atoms with van der Waals surface area (Å²) >= 11 is 0. The van der Waals surface area contributed by atoms with Crippen molar-refractivity contribution >= 4 is 0 Å². The molecule has 1 N–H and O–H groups in total. The lowest BCUT2D eigenvalue weighted by Crippen LogP contribution is -2.59. The van der Waals surface area contributed by atoms with Crippen molar-refractivity contribution in [2.75, 3.05) is 52.5 Å². The van der Waals surface area contributed by atoms with Crippen molar-refractivity contribution in [2.45, 2.75) is 32.4 Å².